The zero-order valence-electron chi connectivity index (χ0n) is 14.1. The molecule has 0 spiro atoms. The average molecular weight is 322 g/mol. The van der Waals surface area contributed by atoms with Gasteiger partial charge in [-0.05, 0) is 44.5 Å². The molecule has 1 atom stereocenters. The summed E-state index contributed by atoms with van der Waals surface area (Å²) < 4.78 is 16.7. The van der Waals surface area contributed by atoms with E-state index in [1.54, 1.807) is 0 Å². The minimum absolute atomic E-state index is 0.120. The molecule has 0 aromatic heterocycles. The fraction of sp³-hybridized carbons (Fsp3) is 0.588. The highest BCUT2D eigenvalue weighted by Gasteiger charge is 2.32. The maximum absolute atomic E-state index is 11.9. The van der Waals surface area contributed by atoms with Gasteiger partial charge in [-0.15, -0.1) is 0 Å². The molecule has 0 bridgehead atoms. The van der Waals surface area contributed by atoms with Crippen molar-refractivity contribution in [2.75, 3.05) is 25.1 Å². The first-order valence-corrected chi connectivity index (χ1v) is 8.08. The Morgan fingerprint density at radius 2 is 2.09 bits per heavy atom. The Morgan fingerprint density at radius 3 is 2.70 bits per heavy atom. The van der Waals surface area contributed by atoms with Crippen LogP contribution in [0.5, 0.6) is 5.75 Å². The predicted octanol–water partition coefficient (Wildman–Crippen LogP) is 3.14. The second kappa shape index (κ2) is 8.17. The minimum atomic E-state index is -0.573. The topological polar surface area (TPSA) is 68.8 Å². The average Bonchev–Trinajstić information content (AvgIpc) is 2.87. The van der Waals surface area contributed by atoms with Crippen LogP contribution in [-0.4, -0.2) is 37.7 Å². The number of hydrogen-bond acceptors (Lipinski definition) is 4. The third-order valence-corrected chi connectivity index (χ3v) is 3.44. The van der Waals surface area contributed by atoms with Gasteiger partial charge in [-0.2, -0.15) is 0 Å². The van der Waals surface area contributed by atoms with Crippen molar-refractivity contribution in [3.63, 3.8) is 0 Å². The molecule has 1 aromatic carbocycles. The quantitative estimate of drug-likeness (QED) is 0.757. The first-order valence-electron chi connectivity index (χ1n) is 8.08. The molecule has 2 rings (SSSR count). The lowest BCUT2D eigenvalue weighted by molar-refractivity contribution is -0.137. The number of carbonyl (C=O) groups is 1. The van der Waals surface area contributed by atoms with Gasteiger partial charge in [0.15, 0.2) is 5.79 Å². The number of benzene rings is 1. The van der Waals surface area contributed by atoms with E-state index < -0.39 is 5.79 Å². The summed E-state index contributed by atoms with van der Waals surface area (Å²) in [5.41, 5.74) is 0.717. The van der Waals surface area contributed by atoms with Crippen LogP contribution in [0.2, 0.25) is 0 Å². The van der Waals surface area contributed by atoms with E-state index >= 15 is 0 Å². The van der Waals surface area contributed by atoms with Gasteiger partial charge in [0, 0.05) is 12.2 Å². The third-order valence-electron chi connectivity index (χ3n) is 3.44. The van der Waals surface area contributed by atoms with Crippen LogP contribution < -0.4 is 15.4 Å². The fourth-order valence-electron chi connectivity index (χ4n) is 2.21. The van der Waals surface area contributed by atoms with Crippen molar-refractivity contribution in [1.29, 1.82) is 0 Å². The molecule has 2 amide bonds. The molecule has 1 unspecified atom stereocenters. The Bertz CT molecular complexity index is 502. The van der Waals surface area contributed by atoms with Crippen molar-refractivity contribution in [3.8, 4) is 5.75 Å². The summed E-state index contributed by atoms with van der Waals surface area (Å²) >= 11 is 0. The lowest BCUT2D eigenvalue weighted by Crippen LogP contribution is -2.37. The van der Waals surface area contributed by atoms with Crippen molar-refractivity contribution >= 4 is 11.7 Å². The SMILES string of the molecule is CCCCOc1ccc(NC(=O)NCC2COC(C)(C)O2)cc1. The zero-order valence-corrected chi connectivity index (χ0v) is 14.1. The first kappa shape index (κ1) is 17.6. The fourth-order valence-corrected chi connectivity index (χ4v) is 2.21. The van der Waals surface area contributed by atoms with E-state index in [1.807, 2.05) is 38.1 Å². The van der Waals surface area contributed by atoms with Crippen LogP contribution in [-0.2, 0) is 9.47 Å². The number of unbranched alkanes of at least 4 members (excludes halogenated alkanes) is 1. The van der Waals surface area contributed by atoms with E-state index in [1.165, 1.54) is 0 Å². The van der Waals surface area contributed by atoms with Crippen LogP contribution in [0.1, 0.15) is 33.6 Å². The third kappa shape index (κ3) is 6.08. The van der Waals surface area contributed by atoms with Crippen LogP contribution in [0.25, 0.3) is 0 Å². The highest BCUT2D eigenvalue weighted by Crippen LogP contribution is 2.21. The van der Waals surface area contributed by atoms with E-state index in [0.717, 1.165) is 18.6 Å². The van der Waals surface area contributed by atoms with E-state index in [2.05, 4.69) is 17.6 Å². The first-order chi connectivity index (χ1) is 11.0. The van der Waals surface area contributed by atoms with E-state index in [9.17, 15) is 4.79 Å². The van der Waals surface area contributed by atoms with E-state index in [-0.39, 0.29) is 12.1 Å². The summed E-state index contributed by atoms with van der Waals surface area (Å²) in [4.78, 5) is 11.9. The highest BCUT2D eigenvalue weighted by atomic mass is 16.7. The van der Waals surface area contributed by atoms with E-state index in [4.69, 9.17) is 14.2 Å². The molecule has 1 fully saturated rings. The molecule has 1 saturated heterocycles. The minimum Gasteiger partial charge on any atom is -0.494 e. The standard InChI is InChI=1S/C17H26N2O4/c1-4-5-10-21-14-8-6-13(7-9-14)19-16(20)18-11-15-12-22-17(2,3)23-15/h6-9,15H,4-5,10-12H2,1-3H3,(H2,18,19,20). The van der Waals surface area contributed by atoms with Gasteiger partial charge in [-0.1, -0.05) is 13.3 Å². The maximum atomic E-state index is 11.9. The molecule has 6 nitrogen and oxygen atoms in total. The van der Waals surface area contributed by atoms with Crippen LogP contribution in [0.3, 0.4) is 0 Å². The van der Waals surface area contributed by atoms with Crippen molar-refractivity contribution in [3.05, 3.63) is 24.3 Å². The van der Waals surface area contributed by atoms with Gasteiger partial charge in [-0.25, -0.2) is 4.79 Å². The molecular weight excluding hydrogens is 296 g/mol. The summed E-state index contributed by atoms with van der Waals surface area (Å²) in [7, 11) is 0. The van der Waals surface area contributed by atoms with Crippen LogP contribution in [0, 0.1) is 0 Å². The van der Waals surface area contributed by atoms with E-state index in [0.29, 0.717) is 25.4 Å². The summed E-state index contributed by atoms with van der Waals surface area (Å²) in [5, 5.41) is 5.56. The van der Waals surface area contributed by atoms with Crippen molar-refractivity contribution < 1.29 is 19.0 Å². The highest BCUT2D eigenvalue weighted by molar-refractivity contribution is 5.89. The Labute approximate surface area is 137 Å². The molecule has 2 N–H and O–H groups in total. The van der Waals surface area contributed by atoms with Gasteiger partial charge in [0.05, 0.1) is 13.2 Å². The molecule has 6 heteroatoms. The van der Waals surface area contributed by atoms with Gasteiger partial charge in [0.1, 0.15) is 11.9 Å². The summed E-state index contributed by atoms with van der Waals surface area (Å²) in [5.74, 6) is 0.235. The Hall–Kier alpha value is -1.79. The Morgan fingerprint density at radius 1 is 1.35 bits per heavy atom. The van der Waals surface area contributed by atoms with Gasteiger partial charge < -0.3 is 24.8 Å². The number of nitrogens with one attached hydrogen (secondary N) is 2. The molecular formula is C17H26N2O4. The molecule has 1 aromatic rings. The lowest BCUT2D eigenvalue weighted by Gasteiger charge is -2.17. The maximum Gasteiger partial charge on any atom is 0.319 e. The number of rotatable bonds is 7. The van der Waals surface area contributed by atoms with Gasteiger partial charge in [0.25, 0.3) is 0 Å². The Kier molecular flexibility index (Phi) is 6.24. The number of ether oxygens (including phenoxy) is 3. The van der Waals surface area contributed by atoms with Gasteiger partial charge >= 0.3 is 6.03 Å². The van der Waals surface area contributed by atoms with Crippen molar-refractivity contribution in [1.82, 2.24) is 5.32 Å². The number of amides is 2. The zero-order chi connectivity index (χ0) is 16.7. The van der Waals surface area contributed by atoms with Crippen molar-refractivity contribution in [2.45, 2.75) is 45.5 Å². The molecule has 1 aliphatic rings. The summed E-state index contributed by atoms with van der Waals surface area (Å²) in [6.45, 7) is 7.45. The van der Waals surface area contributed by atoms with Gasteiger partial charge in [-0.3, -0.25) is 0 Å². The number of hydrogen-bond donors (Lipinski definition) is 2. The second-order valence-electron chi connectivity index (χ2n) is 6.01. The van der Waals surface area contributed by atoms with Gasteiger partial charge in [0.2, 0.25) is 0 Å². The smallest absolute Gasteiger partial charge is 0.319 e. The Balaban J connectivity index is 1.70. The molecule has 128 valence electrons. The number of anilines is 1. The van der Waals surface area contributed by atoms with Crippen LogP contribution in [0.15, 0.2) is 24.3 Å². The normalized spacial score (nSPS) is 19.3. The predicted molar refractivity (Wildman–Crippen MR) is 88.8 cm³/mol. The number of urea groups is 1. The molecule has 0 saturated carbocycles. The van der Waals surface area contributed by atoms with Crippen LogP contribution >= 0.6 is 0 Å². The molecule has 0 aliphatic carbocycles. The lowest BCUT2D eigenvalue weighted by atomic mass is 10.3. The van der Waals surface area contributed by atoms with Crippen LogP contribution in [0.4, 0.5) is 10.5 Å². The molecule has 1 aliphatic heterocycles. The largest absolute Gasteiger partial charge is 0.494 e. The van der Waals surface area contributed by atoms with Crippen molar-refractivity contribution in [2.24, 2.45) is 0 Å². The summed E-state index contributed by atoms with van der Waals surface area (Å²) in [6, 6.07) is 7.07. The monoisotopic (exact) mass is 322 g/mol. The molecule has 0 radical (unpaired) electrons. The molecule has 23 heavy (non-hydrogen) atoms. The molecule has 1 heterocycles. The second-order valence-corrected chi connectivity index (χ2v) is 6.01. The number of carbonyl (C=O) groups excluding carboxylic acids is 1. The summed E-state index contributed by atoms with van der Waals surface area (Å²) in [6.07, 6.45) is 2.02.